The van der Waals surface area contributed by atoms with Gasteiger partial charge in [-0.1, -0.05) is 84.2 Å². The molecule has 16 heteroatoms. The normalized spacial score (nSPS) is 11.8. The topological polar surface area (TPSA) is 225 Å². The van der Waals surface area contributed by atoms with Crippen molar-refractivity contribution < 1.29 is 20.1 Å². The highest BCUT2D eigenvalue weighted by molar-refractivity contribution is 8.17. The quantitative estimate of drug-likeness (QED) is 0.0839. The first-order valence-electron chi connectivity index (χ1n) is 14.0. The Kier molecular flexibility index (Phi) is 8.83. The van der Waals surface area contributed by atoms with Crippen molar-refractivity contribution >= 4 is 75.3 Å². The Bertz CT molecular complexity index is 2250. The molecule has 0 aliphatic carbocycles. The van der Waals surface area contributed by atoms with Crippen LogP contribution in [0.25, 0.3) is 45.8 Å². The fourth-order valence-corrected chi connectivity index (χ4v) is 6.59. The molecule has 0 radical (unpaired) electrons. The van der Waals surface area contributed by atoms with Gasteiger partial charge < -0.3 is 27.0 Å². The van der Waals surface area contributed by atoms with Gasteiger partial charge in [0.25, 0.3) is 11.1 Å². The van der Waals surface area contributed by atoms with Crippen molar-refractivity contribution in [2.45, 2.75) is 14.9 Å². The van der Waals surface area contributed by atoms with Crippen molar-refractivity contribution in [2.24, 2.45) is 0 Å². The number of hydrogen-bond acceptors (Lipinski definition) is 13. The van der Waals surface area contributed by atoms with Crippen molar-refractivity contribution in [1.82, 2.24) is 29.7 Å². The van der Waals surface area contributed by atoms with Crippen LogP contribution >= 0.6 is 23.5 Å². The molecule has 0 unspecified atom stereocenters. The number of nitrogen functional groups attached to an aromatic ring is 2. The molecule has 0 fully saturated rings. The zero-order valence-corrected chi connectivity index (χ0v) is 26.2. The van der Waals surface area contributed by atoms with Gasteiger partial charge in [-0.05, 0) is 58.0 Å². The number of aliphatic carboxylic acids is 1. The summed E-state index contributed by atoms with van der Waals surface area (Å²) in [6, 6.07) is 21.3. The molecule has 4 aromatic carbocycles. The maximum Gasteiger partial charge on any atom is 0.327 e. The third-order valence-electron chi connectivity index (χ3n) is 7.11. The van der Waals surface area contributed by atoms with E-state index in [0.29, 0.717) is 44.0 Å². The van der Waals surface area contributed by atoms with E-state index in [1.54, 1.807) is 12.1 Å². The molecule has 0 saturated carbocycles. The SMILES string of the molecule is Nn1c(SC(Sc2nnc(/C=C/c3c(O)ccc4ccccc34)c(=O)n2N)C(=O)O)nnc(/C=C/c2c(O)ccc3ccccc23)c1=O. The first kappa shape index (κ1) is 31.8. The number of rotatable bonds is 9. The molecule has 48 heavy (non-hydrogen) atoms. The summed E-state index contributed by atoms with van der Waals surface area (Å²) in [5, 5.41) is 49.1. The molecular formula is C32H24N8O6S2. The predicted molar refractivity (Wildman–Crippen MR) is 185 cm³/mol. The van der Waals surface area contributed by atoms with Gasteiger partial charge in [0.1, 0.15) is 11.5 Å². The Morgan fingerprint density at radius 3 is 1.48 bits per heavy atom. The van der Waals surface area contributed by atoms with Crippen molar-refractivity contribution in [3.63, 3.8) is 0 Å². The van der Waals surface area contributed by atoms with E-state index in [9.17, 15) is 29.7 Å². The Balaban J connectivity index is 1.22. The number of carboxylic acid groups (broad SMARTS) is 1. The number of nitrogens with two attached hydrogens (primary N) is 2. The van der Waals surface area contributed by atoms with Crippen LogP contribution in [0.15, 0.2) is 92.7 Å². The number of carboxylic acids is 1. The minimum absolute atomic E-state index is 0.00544. The van der Waals surface area contributed by atoms with Gasteiger partial charge in [0, 0.05) is 11.1 Å². The smallest absolute Gasteiger partial charge is 0.327 e. The lowest BCUT2D eigenvalue weighted by atomic mass is 10.0. The van der Waals surface area contributed by atoms with Crippen LogP contribution in [0.5, 0.6) is 11.5 Å². The van der Waals surface area contributed by atoms with Crippen molar-refractivity contribution in [2.75, 3.05) is 11.7 Å². The number of nitrogens with zero attached hydrogens (tertiary/aromatic N) is 6. The third kappa shape index (κ3) is 6.29. The number of phenolic OH excluding ortho intramolecular Hbond substituents is 2. The first-order chi connectivity index (χ1) is 23.1. The van der Waals surface area contributed by atoms with E-state index in [2.05, 4.69) is 20.4 Å². The second kappa shape index (κ2) is 13.3. The molecule has 0 aliphatic heterocycles. The molecule has 0 atom stereocenters. The van der Waals surface area contributed by atoms with E-state index >= 15 is 0 Å². The van der Waals surface area contributed by atoms with Crippen LogP contribution in [0, 0.1) is 0 Å². The number of thioether (sulfide) groups is 2. The fourth-order valence-electron chi connectivity index (χ4n) is 4.73. The van der Waals surface area contributed by atoms with Gasteiger partial charge in [0.05, 0.1) is 0 Å². The third-order valence-corrected chi connectivity index (χ3v) is 9.50. The molecule has 6 rings (SSSR count). The highest BCUT2D eigenvalue weighted by atomic mass is 32.2. The fraction of sp³-hybridized carbons (Fsp3) is 0.0312. The van der Waals surface area contributed by atoms with E-state index < -0.39 is 21.7 Å². The summed E-state index contributed by atoms with van der Waals surface area (Å²) in [5.74, 6) is 10.6. The van der Waals surface area contributed by atoms with Crippen LogP contribution in [-0.4, -0.2) is 55.6 Å². The lowest BCUT2D eigenvalue weighted by Gasteiger charge is -2.13. The number of phenols is 2. The Hall–Kier alpha value is -6.13. The van der Waals surface area contributed by atoms with E-state index in [1.807, 2.05) is 48.5 Å². The first-order valence-corrected chi connectivity index (χ1v) is 15.7. The number of carbonyl (C=O) groups is 1. The summed E-state index contributed by atoms with van der Waals surface area (Å²) in [6.45, 7) is 0. The van der Waals surface area contributed by atoms with Gasteiger partial charge in [-0.3, -0.25) is 14.4 Å². The number of benzene rings is 4. The molecule has 240 valence electrons. The highest BCUT2D eigenvalue weighted by Crippen LogP contribution is 2.33. The maximum absolute atomic E-state index is 13.0. The van der Waals surface area contributed by atoms with Gasteiger partial charge >= 0.3 is 5.97 Å². The number of aromatic nitrogens is 6. The maximum atomic E-state index is 13.0. The van der Waals surface area contributed by atoms with Gasteiger partial charge in [-0.2, -0.15) is 9.35 Å². The minimum atomic E-state index is -1.43. The lowest BCUT2D eigenvalue weighted by Crippen LogP contribution is -2.34. The summed E-state index contributed by atoms with van der Waals surface area (Å²) in [6.07, 6.45) is 5.71. The number of aromatic hydroxyl groups is 2. The van der Waals surface area contributed by atoms with Gasteiger partial charge in [-0.15, -0.1) is 20.4 Å². The Morgan fingerprint density at radius 1 is 0.646 bits per heavy atom. The molecule has 6 aromatic rings. The average Bonchev–Trinajstić information content (AvgIpc) is 3.08. The van der Waals surface area contributed by atoms with Crippen LogP contribution in [0.1, 0.15) is 22.5 Å². The zero-order chi connectivity index (χ0) is 33.9. The summed E-state index contributed by atoms with van der Waals surface area (Å²) in [4.78, 5) is 38.2. The highest BCUT2D eigenvalue weighted by Gasteiger charge is 2.26. The molecule has 7 N–H and O–H groups in total. The molecular weight excluding hydrogens is 657 g/mol. The van der Waals surface area contributed by atoms with Gasteiger partial charge in [0.15, 0.2) is 16.0 Å². The second-order valence-electron chi connectivity index (χ2n) is 10.1. The summed E-state index contributed by atoms with van der Waals surface area (Å²) >= 11 is 1.14. The number of hydrogen-bond donors (Lipinski definition) is 5. The second-order valence-corrected chi connectivity index (χ2v) is 12.5. The Morgan fingerprint density at radius 2 is 1.06 bits per heavy atom. The lowest BCUT2D eigenvalue weighted by molar-refractivity contribution is -0.134. The zero-order valence-electron chi connectivity index (χ0n) is 24.5. The van der Waals surface area contributed by atoms with Crippen LogP contribution in [-0.2, 0) is 4.79 Å². The summed E-state index contributed by atoms with van der Waals surface area (Å²) in [7, 11) is 0. The van der Waals surface area contributed by atoms with Gasteiger partial charge in [0.2, 0.25) is 10.3 Å². The van der Waals surface area contributed by atoms with Crippen LogP contribution in [0.3, 0.4) is 0 Å². The van der Waals surface area contributed by atoms with Crippen molar-refractivity contribution in [3.8, 4) is 11.5 Å². The minimum Gasteiger partial charge on any atom is -0.507 e. The number of fused-ring (bicyclic) bond motifs is 2. The molecule has 2 heterocycles. The molecule has 0 aliphatic rings. The van der Waals surface area contributed by atoms with Crippen molar-refractivity contribution in [3.05, 3.63) is 116 Å². The van der Waals surface area contributed by atoms with E-state index in [0.717, 1.165) is 21.5 Å². The van der Waals surface area contributed by atoms with E-state index in [4.69, 9.17) is 11.7 Å². The Labute approximate surface area is 278 Å². The van der Waals surface area contributed by atoms with E-state index in [1.165, 1.54) is 36.4 Å². The molecule has 0 bridgehead atoms. The standard InChI is InChI=1S/C32H24N8O6S2/c33-39-27(43)23(13-11-21-19-7-3-1-5-17(19)9-15-25(21)41)35-37-31(39)47-30(29(45)46)48-32-38-36-24(28(44)40(32)34)14-12-22-20-8-4-2-6-18(20)10-16-26(22)42/h1-16,30,41-42H,33-34H2,(H,45,46)/b13-11+,14-12+. The average molecular weight is 681 g/mol. The monoisotopic (exact) mass is 680 g/mol. The molecule has 0 saturated heterocycles. The van der Waals surface area contributed by atoms with Crippen LogP contribution in [0.2, 0.25) is 0 Å². The molecule has 14 nitrogen and oxygen atoms in total. The molecule has 0 spiro atoms. The van der Waals surface area contributed by atoms with Crippen LogP contribution in [0.4, 0.5) is 0 Å². The van der Waals surface area contributed by atoms with Gasteiger partial charge in [-0.25, -0.2) is 0 Å². The summed E-state index contributed by atoms with van der Waals surface area (Å²) < 4.78 is -0.136. The predicted octanol–water partition coefficient (Wildman–Crippen LogP) is 3.37. The van der Waals surface area contributed by atoms with E-state index in [-0.39, 0.29) is 33.2 Å². The molecule has 2 aromatic heterocycles. The molecule has 0 amide bonds. The van der Waals surface area contributed by atoms with Crippen LogP contribution < -0.4 is 22.8 Å². The van der Waals surface area contributed by atoms with Crippen molar-refractivity contribution in [1.29, 1.82) is 0 Å². The summed E-state index contributed by atoms with van der Waals surface area (Å²) in [5.41, 5.74) is -0.948. The largest absolute Gasteiger partial charge is 0.507 e.